The molecule has 0 bridgehead atoms. The minimum absolute atomic E-state index is 0.293. The third kappa shape index (κ3) is 2.37. The highest BCUT2D eigenvalue weighted by atomic mass is 16.5. The Hall–Kier alpha value is -3.17. The number of nitriles is 1. The number of benzene rings is 2. The van der Waals surface area contributed by atoms with Crippen LogP contribution in [0.4, 0.5) is 0 Å². The summed E-state index contributed by atoms with van der Waals surface area (Å²) in [5.41, 5.74) is -0.212. The van der Waals surface area contributed by atoms with Crippen LogP contribution in [0.1, 0.15) is 31.0 Å². The molecule has 3 aromatic rings. The molecular weight excluding hydrogens is 330 g/mol. The van der Waals surface area contributed by atoms with E-state index >= 15 is 0 Å². The Labute approximate surface area is 149 Å². The van der Waals surface area contributed by atoms with Gasteiger partial charge in [0.15, 0.2) is 0 Å². The van der Waals surface area contributed by atoms with E-state index in [1.54, 1.807) is 50.4 Å². The van der Waals surface area contributed by atoms with E-state index in [2.05, 4.69) is 11.2 Å². The normalized spacial score (nSPS) is 20.8. The van der Waals surface area contributed by atoms with Gasteiger partial charge in [0.05, 0.1) is 23.2 Å². The van der Waals surface area contributed by atoms with Gasteiger partial charge < -0.3 is 9.84 Å². The van der Waals surface area contributed by atoms with Crippen LogP contribution < -0.4 is 10.3 Å². The molecule has 1 N–H and O–H groups in total. The van der Waals surface area contributed by atoms with Gasteiger partial charge >= 0.3 is 0 Å². The van der Waals surface area contributed by atoms with Crippen LogP contribution in [0.2, 0.25) is 0 Å². The summed E-state index contributed by atoms with van der Waals surface area (Å²) in [5, 5.41) is 25.7. The maximum Gasteiger partial charge on any atom is 0.275 e. The molecule has 6 nitrogen and oxygen atoms in total. The van der Waals surface area contributed by atoms with Crippen LogP contribution in [0.15, 0.2) is 53.5 Å². The average Bonchev–Trinajstić information content (AvgIpc) is 2.64. The number of aliphatic hydroxyl groups is 1. The van der Waals surface area contributed by atoms with Gasteiger partial charge in [-0.25, -0.2) is 4.68 Å². The summed E-state index contributed by atoms with van der Waals surface area (Å²) in [6.07, 6.45) is 0.593. The van der Waals surface area contributed by atoms with Crippen molar-refractivity contribution in [2.45, 2.75) is 31.6 Å². The molecule has 6 heteroatoms. The standard InChI is InChI=1S/C20H17N3O3/c1-20(2)18(24)17(15-9-12(10-21)7-8-16(15)26-20)23-19(25)14-6-4-3-5-13(14)11-22-23/h3-9,11,17-18,24H,1-2H3. The molecule has 0 radical (unpaired) electrons. The molecule has 26 heavy (non-hydrogen) atoms. The maximum atomic E-state index is 13.0. The topological polar surface area (TPSA) is 88.1 Å². The van der Waals surface area contributed by atoms with Crippen molar-refractivity contribution >= 4 is 10.8 Å². The van der Waals surface area contributed by atoms with Gasteiger partial charge in [-0.1, -0.05) is 18.2 Å². The molecule has 0 fully saturated rings. The van der Waals surface area contributed by atoms with E-state index in [0.717, 1.165) is 5.39 Å². The number of hydrogen-bond donors (Lipinski definition) is 1. The third-order valence-corrected chi connectivity index (χ3v) is 4.83. The van der Waals surface area contributed by atoms with Crippen molar-refractivity contribution in [3.63, 3.8) is 0 Å². The molecular formula is C20H17N3O3. The average molecular weight is 347 g/mol. The number of ether oxygens (including phenoxy) is 1. The Morgan fingerprint density at radius 2 is 2.04 bits per heavy atom. The monoisotopic (exact) mass is 347 g/mol. The molecule has 2 atom stereocenters. The zero-order valence-electron chi connectivity index (χ0n) is 14.4. The number of aromatic nitrogens is 2. The zero-order valence-corrected chi connectivity index (χ0v) is 14.4. The number of nitrogens with zero attached hydrogens (tertiary/aromatic N) is 3. The summed E-state index contributed by atoms with van der Waals surface area (Å²) < 4.78 is 7.20. The lowest BCUT2D eigenvalue weighted by molar-refractivity contribution is -0.0665. The first-order valence-electron chi connectivity index (χ1n) is 8.30. The molecule has 0 saturated heterocycles. The van der Waals surface area contributed by atoms with E-state index in [0.29, 0.717) is 22.3 Å². The minimum Gasteiger partial charge on any atom is -0.485 e. The van der Waals surface area contributed by atoms with Gasteiger partial charge in [-0.2, -0.15) is 10.4 Å². The first kappa shape index (κ1) is 16.3. The smallest absolute Gasteiger partial charge is 0.275 e. The Kier molecular flexibility index (Phi) is 3.56. The molecule has 1 aliphatic rings. The zero-order chi connectivity index (χ0) is 18.5. The van der Waals surface area contributed by atoms with E-state index < -0.39 is 17.7 Å². The van der Waals surface area contributed by atoms with Crippen molar-refractivity contribution in [1.29, 1.82) is 5.26 Å². The third-order valence-electron chi connectivity index (χ3n) is 4.83. The summed E-state index contributed by atoms with van der Waals surface area (Å²) in [6.45, 7) is 3.52. The van der Waals surface area contributed by atoms with E-state index in [4.69, 9.17) is 4.74 Å². The van der Waals surface area contributed by atoms with Gasteiger partial charge in [-0.3, -0.25) is 4.79 Å². The summed E-state index contributed by atoms with van der Waals surface area (Å²) >= 11 is 0. The van der Waals surface area contributed by atoms with Gasteiger partial charge in [0.2, 0.25) is 0 Å². The second-order valence-corrected chi connectivity index (χ2v) is 6.94. The minimum atomic E-state index is -1.02. The number of hydrogen-bond acceptors (Lipinski definition) is 5. The molecule has 4 rings (SSSR count). The highest BCUT2D eigenvalue weighted by Gasteiger charge is 2.45. The largest absolute Gasteiger partial charge is 0.485 e. The molecule has 1 aliphatic heterocycles. The van der Waals surface area contributed by atoms with Crippen molar-refractivity contribution in [2.24, 2.45) is 0 Å². The van der Waals surface area contributed by atoms with Gasteiger partial charge in [-0.15, -0.1) is 0 Å². The summed E-state index contributed by atoms with van der Waals surface area (Å²) in [7, 11) is 0. The summed E-state index contributed by atoms with van der Waals surface area (Å²) in [6, 6.07) is 13.5. The van der Waals surface area contributed by atoms with Crippen molar-refractivity contribution in [3.8, 4) is 11.8 Å². The van der Waals surface area contributed by atoms with Crippen molar-refractivity contribution in [3.05, 3.63) is 70.1 Å². The van der Waals surface area contributed by atoms with Crippen molar-refractivity contribution in [1.82, 2.24) is 9.78 Å². The fourth-order valence-corrected chi connectivity index (χ4v) is 3.40. The Morgan fingerprint density at radius 3 is 2.81 bits per heavy atom. The maximum absolute atomic E-state index is 13.0. The van der Waals surface area contributed by atoms with Crippen LogP contribution in [0.3, 0.4) is 0 Å². The quantitative estimate of drug-likeness (QED) is 0.730. The van der Waals surface area contributed by atoms with Gasteiger partial charge in [0, 0.05) is 10.9 Å². The van der Waals surface area contributed by atoms with Gasteiger partial charge in [0.25, 0.3) is 5.56 Å². The van der Waals surface area contributed by atoms with Crippen LogP contribution in [0.5, 0.6) is 5.75 Å². The molecule has 2 heterocycles. The number of fused-ring (bicyclic) bond motifs is 2. The van der Waals surface area contributed by atoms with Crippen LogP contribution in [0, 0.1) is 11.3 Å². The lowest BCUT2D eigenvalue weighted by Crippen LogP contribution is -2.52. The Balaban J connectivity index is 2.00. The van der Waals surface area contributed by atoms with E-state index in [1.165, 1.54) is 4.68 Å². The van der Waals surface area contributed by atoms with Crippen LogP contribution in [-0.2, 0) is 0 Å². The molecule has 130 valence electrons. The second-order valence-electron chi connectivity index (χ2n) is 6.94. The fourth-order valence-electron chi connectivity index (χ4n) is 3.40. The summed E-state index contributed by atoms with van der Waals surface area (Å²) in [5.74, 6) is 0.533. The van der Waals surface area contributed by atoms with Crippen LogP contribution in [0.25, 0.3) is 10.8 Å². The lowest BCUT2D eigenvalue weighted by atomic mass is 9.86. The fraction of sp³-hybridized carbons (Fsp3) is 0.250. The first-order valence-corrected chi connectivity index (χ1v) is 8.30. The van der Waals surface area contributed by atoms with Gasteiger partial charge in [0.1, 0.15) is 23.5 Å². The molecule has 0 saturated carbocycles. The number of rotatable bonds is 1. The number of aliphatic hydroxyl groups excluding tert-OH is 1. The molecule has 0 aliphatic carbocycles. The van der Waals surface area contributed by atoms with Crippen LogP contribution >= 0.6 is 0 Å². The molecule has 1 aromatic heterocycles. The Bertz CT molecular complexity index is 1110. The Morgan fingerprint density at radius 1 is 1.27 bits per heavy atom. The predicted octanol–water partition coefficient (Wildman–Crippen LogP) is 2.39. The second kappa shape index (κ2) is 5.68. The van der Waals surface area contributed by atoms with E-state index in [9.17, 15) is 15.2 Å². The highest BCUT2D eigenvalue weighted by Crippen LogP contribution is 2.41. The van der Waals surface area contributed by atoms with Gasteiger partial charge in [-0.05, 0) is 38.1 Å². The SMILES string of the molecule is CC1(C)Oc2ccc(C#N)cc2C(n2ncc3ccccc3c2=O)C1O. The predicted molar refractivity (Wildman–Crippen MR) is 96.0 cm³/mol. The molecule has 0 spiro atoms. The molecule has 0 amide bonds. The first-order chi connectivity index (χ1) is 12.4. The highest BCUT2D eigenvalue weighted by molar-refractivity contribution is 5.80. The van der Waals surface area contributed by atoms with Crippen LogP contribution in [-0.4, -0.2) is 26.6 Å². The van der Waals surface area contributed by atoms with E-state index in [1.807, 2.05) is 12.1 Å². The van der Waals surface area contributed by atoms with Crippen molar-refractivity contribution in [2.75, 3.05) is 0 Å². The van der Waals surface area contributed by atoms with E-state index in [-0.39, 0.29) is 5.56 Å². The molecule has 2 unspecified atom stereocenters. The molecule has 2 aromatic carbocycles. The van der Waals surface area contributed by atoms with Crippen molar-refractivity contribution < 1.29 is 9.84 Å². The lowest BCUT2D eigenvalue weighted by Gasteiger charge is -2.42. The summed E-state index contributed by atoms with van der Waals surface area (Å²) in [4.78, 5) is 13.0.